The summed E-state index contributed by atoms with van der Waals surface area (Å²) in [5.41, 5.74) is 14.8. The molecule has 3 heteroatoms. The number of fused-ring (bicyclic) bond motifs is 6. The van der Waals surface area contributed by atoms with Gasteiger partial charge in [-0.15, -0.1) is 0 Å². The normalized spacial score (nSPS) is 11.6. The summed E-state index contributed by atoms with van der Waals surface area (Å²) < 4.78 is 2.39. The summed E-state index contributed by atoms with van der Waals surface area (Å²) >= 11 is 0. The van der Waals surface area contributed by atoms with Crippen LogP contribution in [0, 0.1) is 0 Å². The number of hydrogen-bond acceptors (Lipinski definition) is 2. The van der Waals surface area contributed by atoms with E-state index in [1.54, 1.807) is 0 Å². The van der Waals surface area contributed by atoms with Crippen LogP contribution in [0.25, 0.3) is 105 Å². The fraction of sp³-hybridized carbons (Fsp3) is 0. The average molecular weight is 700 g/mol. The van der Waals surface area contributed by atoms with E-state index in [4.69, 9.17) is 9.97 Å². The predicted molar refractivity (Wildman–Crippen MR) is 231 cm³/mol. The molecule has 256 valence electrons. The molecule has 3 aromatic heterocycles. The molecule has 3 heterocycles. The van der Waals surface area contributed by atoms with Gasteiger partial charge in [-0.2, -0.15) is 0 Å². The molecule has 0 amide bonds. The van der Waals surface area contributed by atoms with Crippen molar-refractivity contribution < 1.29 is 0 Å². The summed E-state index contributed by atoms with van der Waals surface area (Å²) in [6.45, 7) is 0. The van der Waals surface area contributed by atoms with E-state index in [1.807, 2.05) is 24.5 Å². The molecule has 8 aromatic carbocycles. The van der Waals surface area contributed by atoms with Crippen molar-refractivity contribution in [2.24, 2.45) is 0 Å². The SMILES string of the molecule is c1ccc2cc(-c3ccc(-c4ccc(-n5c6ccc(-c7cnc8ccccc8c7)cc6c6cc(-c7cnc8ccccc8c7)ccc65)cc4)cc3)ccc2c1. The van der Waals surface area contributed by atoms with E-state index in [1.165, 1.54) is 43.8 Å². The molecule has 0 N–H and O–H groups in total. The fourth-order valence-corrected chi connectivity index (χ4v) is 8.15. The van der Waals surface area contributed by atoms with Crippen molar-refractivity contribution in [3.05, 3.63) is 200 Å². The predicted octanol–water partition coefficient (Wildman–Crippen LogP) is 13.7. The van der Waals surface area contributed by atoms with Gasteiger partial charge >= 0.3 is 0 Å². The van der Waals surface area contributed by atoms with Gasteiger partial charge in [0.1, 0.15) is 0 Å². The highest BCUT2D eigenvalue weighted by molar-refractivity contribution is 6.12. The number of aromatic nitrogens is 3. The topological polar surface area (TPSA) is 30.7 Å². The van der Waals surface area contributed by atoms with E-state index in [9.17, 15) is 0 Å². The molecule has 0 aliphatic rings. The van der Waals surface area contributed by atoms with Crippen LogP contribution in [0.4, 0.5) is 0 Å². The van der Waals surface area contributed by atoms with Crippen LogP contribution in [-0.4, -0.2) is 14.5 Å². The van der Waals surface area contributed by atoms with Crippen LogP contribution in [0.2, 0.25) is 0 Å². The Bertz CT molecular complexity index is 3110. The maximum absolute atomic E-state index is 4.78. The molecular weight excluding hydrogens is 667 g/mol. The van der Waals surface area contributed by atoms with Crippen molar-refractivity contribution in [1.82, 2.24) is 14.5 Å². The lowest BCUT2D eigenvalue weighted by Crippen LogP contribution is -1.94. The molecule has 0 saturated carbocycles. The molecule has 0 saturated heterocycles. The molecule has 55 heavy (non-hydrogen) atoms. The average Bonchev–Trinajstić information content (AvgIpc) is 3.59. The number of nitrogens with zero attached hydrogens (tertiary/aromatic N) is 3. The number of rotatable bonds is 5. The van der Waals surface area contributed by atoms with Gasteiger partial charge in [-0.25, -0.2) is 0 Å². The van der Waals surface area contributed by atoms with Gasteiger partial charge in [0.25, 0.3) is 0 Å². The second kappa shape index (κ2) is 12.6. The number of hydrogen-bond donors (Lipinski definition) is 0. The van der Waals surface area contributed by atoms with E-state index < -0.39 is 0 Å². The van der Waals surface area contributed by atoms with Gasteiger partial charge in [-0.05, 0) is 111 Å². The van der Waals surface area contributed by atoms with Crippen LogP contribution in [0.5, 0.6) is 0 Å². The molecule has 3 nitrogen and oxygen atoms in total. The lowest BCUT2D eigenvalue weighted by Gasteiger charge is -2.11. The van der Waals surface area contributed by atoms with Crippen LogP contribution < -0.4 is 0 Å². The van der Waals surface area contributed by atoms with Crippen molar-refractivity contribution in [2.45, 2.75) is 0 Å². The Balaban J connectivity index is 1.01. The second-order valence-electron chi connectivity index (χ2n) is 14.3. The van der Waals surface area contributed by atoms with Gasteiger partial charge < -0.3 is 4.57 Å². The third-order valence-electron chi connectivity index (χ3n) is 11.0. The highest BCUT2D eigenvalue weighted by atomic mass is 15.0. The largest absolute Gasteiger partial charge is 0.309 e. The first-order valence-corrected chi connectivity index (χ1v) is 18.7. The van der Waals surface area contributed by atoms with Crippen LogP contribution in [-0.2, 0) is 0 Å². The highest BCUT2D eigenvalue weighted by Gasteiger charge is 2.16. The Morgan fingerprint density at radius 1 is 0.291 bits per heavy atom. The summed E-state index contributed by atoms with van der Waals surface area (Å²) in [7, 11) is 0. The van der Waals surface area contributed by atoms with E-state index >= 15 is 0 Å². The third kappa shape index (κ3) is 5.45. The summed E-state index contributed by atoms with van der Waals surface area (Å²) in [4.78, 5) is 9.57. The highest BCUT2D eigenvalue weighted by Crippen LogP contribution is 2.38. The Morgan fingerprint density at radius 2 is 0.691 bits per heavy atom. The lowest BCUT2D eigenvalue weighted by molar-refractivity contribution is 1.18. The molecule has 0 unspecified atom stereocenters. The number of pyridine rings is 2. The fourth-order valence-electron chi connectivity index (χ4n) is 8.15. The van der Waals surface area contributed by atoms with Crippen molar-refractivity contribution in [2.75, 3.05) is 0 Å². The summed E-state index contributed by atoms with van der Waals surface area (Å²) in [5, 5.41) is 7.19. The first-order chi connectivity index (χ1) is 27.2. The maximum atomic E-state index is 4.78. The number of benzene rings is 8. The van der Waals surface area contributed by atoms with Crippen LogP contribution >= 0.6 is 0 Å². The van der Waals surface area contributed by atoms with Gasteiger partial charge in [0.05, 0.1) is 22.1 Å². The van der Waals surface area contributed by atoms with E-state index in [0.29, 0.717) is 0 Å². The standard InChI is InChI=1S/C52H33N3/c1-2-8-38-27-39(18-17-34(38)7-1)37-15-13-35(14-16-37)36-19-23-46(24-20-36)55-51-25-21-40(44-28-42-9-3-5-11-49(42)53-32-44)30-47(51)48-31-41(22-26-52(48)55)45-29-43-10-4-6-12-50(43)54-33-45/h1-33H. The molecule has 0 bridgehead atoms. The molecule has 0 atom stereocenters. The Morgan fingerprint density at radius 3 is 1.25 bits per heavy atom. The van der Waals surface area contributed by atoms with Crippen molar-refractivity contribution in [3.8, 4) is 50.2 Å². The zero-order chi connectivity index (χ0) is 36.3. The van der Waals surface area contributed by atoms with Crippen LogP contribution in [0.1, 0.15) is 0 Å². The molecule has 0 aliphatic carbocycles. The third-order valence-corrected chi connectivity index (χ3v) is 11.0. The molecular formula is C52H33N3. The minimum Gasteiger partial charge on any atom is -0.309 e. The Kier molecular flexibility index (Phi) is 7.17. The minimum atomic E-state index is 1.00. The van der Waals surface area contributed by atoms with Crippen molar-refractivity contribution >= 4 is 54.4 Å². The molecule has 0 spiro atoms. The van der Waals surface area contributed by atoms with Crippen molar-refractivity contribution in [3.63, 3.8) is 0 Å². The van der Waals surface area contributed by atoms with Crippen LogP contribution in [0.15, 0.2) is 200 Å². The molecule has 11 rings (SSSR count). The molecule has 11 aromatic rings. The number of para-hydroxylation sites is 2. The molecule has 0 fully saturated rings. The Labute approximate surface area is 318 Å². The van der Waals surface area contributed by atoms with E-state index in [0.717, 1.165) is 60.8 Å². The summed E-state index contributed by atoms with van der Waals surface area (Å²) in [6.07, 6.45) is 3.98. The van der Waals surface area contributed by atoms with Gasteiger partial charge in [-0.3, -0.25) is 9.97 Å². The van der Waals surface area contributed by atoms with Crippen LogP contribution in [0.3, 0.4) is 0 Å². The van der Waals surface area contributed by atoms with Crippen molar-refractivity contribution in [1.29, 1.82) is 0 Å². The summed E-state index contributed by atoms with van der Waals surface area (Å²) in [6, 6.07) is 67.8. The first-order valence-electron chi connectivity index (χ1n) is 18.7. The maximum Gasteiger partial charge on any atom is 0.0702 e. The first kappa shape index (κ1) is 31.2. The zero-order valence-electron chi connectivity index (χ0n) is 29.9. The van der Waals surface area contributed by atoms with E-state index in [2.05, 4.69) is 180 Å². The van der Waals surface area contributed by atoms with Gasteiger partial charge in [-0.1, -0.05) is 121 Å². The molecule has 0 radical (unpaired) electrons. The smallest absolute Gasteiger partial charge is 0.0702 e. The zero-order valence-corrected chi connectivity index (χ0v) is 29.9. The second-order valence-corrected chi connectivity index (χ2v) is 14.3. The minimum absolute atomic E-state index is 1.00. The summed E-state index contributed by atoms with van der Waals surface area (Å²) in [5.74, 6) is 0. The lowest BCUT2D eigenvalue weighted by atomic mass is 9.98. The van der Waals surface area contributed by atoms with Gasteiger partial charge in [0.2, 0.25) is 0 Å². The molecule has 0 aliphatic heterocycles. The quantitative estimate of drug-likeness (QED) is 0.179. The monoisotopic (exact) mass is 699 g/mol. The Hall–Kier alpha value is -7.36. The van der Waals surface area contributed by atoms with E-state index in [-0.39, 0.29) is 0 Å². The van der Waals surface area contributed by atoms with Gasteiger partial charge in [0.15, 0.2) is 0 Å². The van der Waals surface area contributed by atoms with Gasteiger partial charge in [0, 0.05) is 50.8 Å².